The molecule has 10 heteroatoms. The number of pyridine rings is 1. The van der Waals surface area contributed by atoms with Crippen LogP contribution in [0.15, 0.2) is 51.5 Å². The van der Waals surface area contributed by atoms with Crippen LogP contribution in [0.25, 0.3) is 10.6 Å². The second-order valence-electron chi connectivity index (χ2n) is 6.43. The minimum absolute atomic E-state index is 0.0331. The van der Waals surface area contributed by atoms with Gasteiger partial charge >= 0.3 is 0 Å². The molecular formula is C19H19N3O4S3. The molecule has 152 valence electrons. The van der Waals surface area contributed by atoms with Gasteiger partial charge in [-0.25, -0.2) is 8.42 Å². The lowest BCUT2D eigenvalue weighted by atomic mass is 10.2. The number of nitrogens with one attached hydrogen (secondary N) is 1. The van der Waals surface area contributed by atoms with E-state index in [1.54, 1.807) is 28.6 Å². The van der Waals surface area contributed by atoms with Crippen LogP contribution in [0.5, 0.6) is 0 Å². The van der Waals surface area contributed by atoms with E-state index < -0.39 is 10.0 Å². The molecule has 29 heavy (non-hydrogen) atoms. The Morgan fingerprint density at radius 3 is 2.90 bits per heavy atom. The van der Waals surface area contributed by atoms with Gasteiger partial charge in [-0.15, -0.1) is 22.7 Å². The molecule has 0 aliphatic carbocycles. The van der Waals surface area contributed by atoms with E-state index in [1.807, 2.05) is 23.6 Å². The predicted molar refractivity (Wildman–Crippen MR) is 114 cm³/mol. The van der Waals surface area contributed by atoms with Crippen molar-refractivity contribution in [3.8, 4) is 10.6 Å². The molecule has 1 fully saturated rings. The first-order valence-electron chi connectivity index (χ1n) is 8.97. The zero-order valence-electron chi connectivity index (χ0n) is 15.4. The lowest BCUT2D eigenvalue weighted by Gasteiger charge is -2.26. The Bertz CT molecular complexity index is 1090. The quantitative estimate of drug-likeness (QED) is 0.599. The summed E-state index contributed by atoms with van der Waals surface area (Å²) in [5, 5.41) is 3.69. The number of carbonyl (C=O) groups is 1. The molecule has 7 nitrogen and oxygen atoms in total. The van der Waals surface area contributed by atoms with Gasteiger partial charge in [0.2, 0.25) is 5.91 Å². The fourth-order valence-corrected chi connectivity index (χ4v) is 6.23. The van der Waals surface area contributed by atoms with Gasteiger partial charge in [0.1, 0.15) is 10.8 Å². The molecule has 1 aliphatic heterocycles. The number of aromatic nitrogens is 1. The molecule has 0 aromatic carbocycles. The zero-order chi connectivity index (χ0) is 20.3. The SMILES string of the molecule is O=C1COCCN1CCc1cscc1NS(=O)(=O)c1ccc(-c2ccccn2)s1. The third-order valence-electron chi connectivity index (χ3n) is 4.48. The predicted octanol–water partition coefficient (Wildman–Crippen LogP) is 3.07. The fourth-order valence-electron chi connectivity index (χ4n) is 2.95. The first-order chi connectivity index (χ1) is 14.0. The average Bonchev–Trinajstić information content (AvgIpc) is 3.38. The van der Waals surface area contributed by atoms with Gasteiger partial charge in [0.15, 0.2) is 0 Å². The minimum atomic E-state index is -3.70. The van der Waals surface area contributed by atoms with Crippen molar-refractivity contribution in [2.24, 2.45) is 0 Å². The molecule has 4 rings (SSSR count). The van der Waals surface area contributed by atoms with Crippen molar-refractivity contribution in [3.63, 3.8) is 0 Å². The number of amides is 1. The summed E-state index contributed by atoms with van der Waals surface area (Å²) in [5.74, 6) is -0.0331. The van der Waals surface area contributed by atoms with E-state index in [9.17, 15) is 13.2 Å². The molecular weight excluding hydrogens is 430 g/mol. The average molecular weight is 450 g/mol. The van der Waals surface area contributed by atoms with E-state index in [4.69, 9.17) is 4.74 Å². The van der Waals surface area contributed by atoms with Crippen LogP contribution in [0.4, 0.5) is 5.69 Å². The number of anilines is 1. The van der Waals surface area contributed by atoms with E-state index in [0.29, 0.717) is 31.8 Å². The summed E-state index contributed by atoms with van der Waals surface area (Å²) in [7, 11) is -3.70. The summed E-state index contributed by atoms with van der Waals surface area (Å²) >= 11 is 2.61. The fraction of sp³-hybridized carbons (Fsp3) is 0.263. The van der Waals surface area contributed by atoms with Crippen LogP contribution in [-0.4, -0.2) is 50.5 Å². The van der Waals surface area contributed by atoms with E-state index in [-0.39, 0.29) is 16.7 Å². The van der Waals surface area contributed by atoms with Crippen LogP contribution >= 0.6 is 22.7 Å². The summed E-state index contributed by atoms with van der Waals surface area (Å²) in [6.45, 7) is 1.75. The number of thiophene rings is 2. The third kappa shape index (κ3) is 4.67. The number of morpholine rings is 1. The molecule has 0 bridgehead atoms. The van der Waals surface area contributed by atoms with Crippen molar-refractivity contribution in [3.05, 3.63) is 52.9 Å². The maximum atomic E-state index is 12.9. The van der Waals surface area contributed by atoms with Crippen molar-refractivity contribution in [2.45, 2.75) is 10.6 Å². The Morgan fingerprint density at radius 1 is 1.21 bits per heavy atom. The molecule has 1 saturated heterocycles. The van der Waals surface area contributed by atoms with E-state index in [2.05, 4.69) is 9.71 Å². The van der Waals surface area contributed by atoms with Crippen LogP contribution in [-0.2, 0) is 26.0 Å². The number of ether oxygens (including phenoxy) is 1. The highest BCUT2D eigenvalue weighted by atomic mass is 32.2. The molecule has 0 unspecified atom stereocenters. The first kappa shape index (κ1) is 20.0. The summed E-state index contributed by atoms with van der Waals surface area (Å²) in [5.41, 5.74) is 2.17. The Morgan fingerprint density at radius 2 is 2.10 bits per heavy atom. The maximum absolute atomic E-state index is 12.9. The van der Waals surface area contributed by atoms with Crippen molar-refractivity contribution in [1.29, 1.82) is 0 Å². The van der Waals surface area contributed by atoms with Crippen molar-refractivity contribution >= 4 is 44.3 Å². The standard InChI is InChI=1S/C19H19N3O4S3/c23-18-11-26-10-9-22(18)8-6-14-12-27-13-16(14)21-29(24,25)19-5-4-17(28-19)15-3-1-2-7-20-15/h1-5,7,12-13,21H,6,8-11H2. The molecule has 3 aromatic rings. The summed E-state index contributed by atoms with van der Waals surface area (Å²) < 4.78 is 33.8. The van der Waals surface area contributed by atoms with Gasteiger partial charge in [0.25, 0.3) is 10.0 Å². The molecule has 3 aromatic heterocycles. The van der Waals surface area contributed by atoms with Gasteiger partial charge in [-0.2, -0.15) is 0 Å². The van der Waals surface area contributed by atoms with Gasteiger partial charge in [-0.1, -0.05) is 6.07 Å². The Balaban J connectivity index is 1.46. The van der Waals surface area contributed by atoms with Gasteiger partial charge in [-0.05, 0) is 41.6 Å². The zero-order valence-corrected chi connectivity index (χ0v) is 17.9. The van der Waals surface area contributed by atoms with Crippen LogP contribution in [0.3, 0.4) is 0 Å². The molecule has 0 saturated carbocycles. The Kier molecular flexibility index (Phi) is 5.95. The molecule has 1 amide bonds. The number of sulfonamides is 1. The normalized spacial score (nSPS) is 14.9. The molecule has 1 N–H and O–H groups in total. The van der Waals surface area contributed by atoms with Crippen molar-refractivity contribution < 1.29 is 17.9 Å². The number of hydrogen-bond acceptors (Lipinski definition) is 7. The van der Waals surface area contributed by atoms with Crippen LogP contribution < -0.4 is 4.72 Å². The highest BCUT2D eigenvalue weighted by molar-refractivity contribution is 7.94. The Hall–Kier alpha value is -2.27. The summed E-state index contributed by atoms with van der Waals surface area (Å²) in [6.07, 6.45) is 2.26. The second-order valence-corrected chi connectivity index (χ2v) is 10.2. The molecule has 1 aliphatic rings. The van der Waals surface area contributed by atoms with E-state index in [1.165, 1.54) is 22.7 Å². The lowest BCUT2D eigenvalue weighted by Crippen LogP contribution is -2.42. The van der Waals surface area contributed by atoms with Gasteiger partial charge < -0.3 is 9.64 Å². The first-order valence-corrected chi connectivity index (χ1v) is 12.2. The van der Waals surface area contributed by atoms with Gasteiger partial charge in [-0.3, -0.25) is 14.5 Å². The highest BCUT2D eigenvalue weighted by Crippen LogP contribution is 2.32. The Labute approximate surface area is 177 Å². The summed E-state index contributed by atoms with van der Waals surface area (Å²) in [6, 6.07) is 8.89. The largest absolute Gasteiger partial charge is 0.370 e. The van der Waals surface area contributed by atoms with Gasteiger partial charge in [0, 0.05) is 24.7 Å². The van der Waals surface area contributed by atoms with Crippen LogP contribution in [0.2, 0.25) is 0 Å². The number of carbonyl (C=O) groups excluding carboxylic acids is 1. The van der Waals surface area contributed by atoms with E-state index in [0.717, 1.165) is 16.1 Å². The molecule has 0 spiro atoms. The lowest BCUT2D eigenvalue weighted by molar-refractivity contribution is -0.142. The van der Waals surface area contributed by atoms with E-state index >= 15 is 0 Å². The highest BCUT2D eigenvalue weighted by Gasteiger charge is 2.21. The smallest absolute Gasteiger partial charge is 0.271 e. The topological polar surface area (TPSA) is 88.6 Å². The third-order valence-corrected chi connectivity index (χ3v) is 8.24. The number of rotatable bonds is 7. The van der Waals surface area contributed by atoms with Gasteiger partial charge in [0.05, 0.1) is 22.9 Å². The number of nitrogens with zero attached hydrogens (tertiary/aromatic N) is 2. The van der Waals surface area contributed by atoms with Crippen molar-refractivity contribution in [1.82, 2.24) is 9.88 Å². The number of hydrogen-bond donors (Lipinski definition) is 1. The second kappa shape index (κ2) is 8.62. The molecule has 0 radical (unpaired) electrons. The minimum Gasteiger partial charge on any atom is -0.370 e. The molecule has 4 heterocycles. The van der Waals surface area contributed by atoms with Crippen LogP contribution in [0.1, 0.15) is 5.56 Å². The van der Waals surface area contributed by atoms with Crippen molar-refractivity contribution in [2.75, 3.05) is 31.0 Å². The summed E-state index contributed by atoms with van der Waals surface area (Å²) in [4.78, 5) is 18.7. The molecule has 0 atom stereocenters. The monoisotopic (exact) mass is 449 g/mol. The van der Waals surface area contributed by atoms with Crippen LogP contribution in [0, 0.1) is 0 Å². The maximum Gasteiger partial charge on any atom is 0.271 e.